The maximum Gasteiger partial charge on any atom is 0.223 e. The van der Waals surface area contributed by atoms with Gasteiger partial charge >= 0.3 is 0 Å². The summed E-state index contributed by atoms with van der Waals surface area (Å²) in [6.07, 6.45) is 7.20. The Hall–Kier alpha value is -1.52. The van der Waals surface area contributed by atoms with Gasteiger partial charge in [-0.1, -0.05) is 6.42 Å². The van der Waals surface area contributed by atoms with E-state index in [1.54, 1.807) is 17.1 Å². The Bertz CT molecular complexity index is 418. The average molecular weight is 234 g/mol. The zero-order valence-corrected chi connectivity index (χ0v) is 9.80. The fourth-order valence-electron chi connectivity index (χ4n) is 3.12. The number of anilines is 1. The fourth-order valence-corrected chi connectivity index (χ4v) is 3.12. The number of hydrogen-bond donors (Lipinski definition) is 2. The Labute approximate surface area is 100 Å². The average Bonchev–Trinajstić information content (AvgIpc) is 2.67. The zero-order valence-electron chi connectivity index (χ0n) is 9.80. The molecule has 3 N–H and O–H groups in total. The molecule has 5 nitrogen and oxygen atoms in total. The van der Waals surface area contributed by atoms with E-state index in [2.05, 4.69) is 10.4 Å². The molecule has 0 saturated heterocycles. The Morgan fingerprint density at radius 3 is 2.94 bits per heavy atom. The third kappa shape index (κ3) is 2.01. The predicted octanol–water partition coefficient (Wildman–Crippen LogP) is 0.628. The van der Waals surface area contributed by atoms with Crippen molar-refractivity contribution in [2.75, 3.05) is 12.3 Å². The van der Waals surface area contributed by atoms with Gasteiger partial charge in [0.1, 0.15) is 0 Å². The maximum absolute atomic E-state index is 11.8. The molecule has 0 aromatic carbocycles. The summed E-state index contributed by atoms with van der Waals surface area (Å²) in [7, 11) is 0. The van der Waals surface area contributed by atoms with Gasteiger partial charge in [-0.25, -0.2) is 0 Å². The number of nitrogens with one attached hydrogen (secondary N) is 1. The van der Waals surface area contributed by atoms with Gasteiger partial charge in [0.25, 0.3) is 0 Å². The minimum atomic E-state index is 0.236. The van der Waals surface area contributed by atoms with Gasteiger partial charge in [0, 0.05) is 18.7 Å². The second kappa shape index (κ2) is 4.05. The van der Waals surface area contributed by atoms with Crippen LogP contribution in [0.3, 0.4) is 0 Å². The summed E-state index contributed by atoms with van der Waals surface area (Å²) in [5, 5.41) is 7.06. The van der Waals surface area contributed by atoms with E-state index in [9.17, 15) is 4.79 Å². The number of carbonyl (C=O) groups excluding carboxylic acids is 1. The van der Waals surface area contributed by atoms with Crippen LogP contribution in [-0.2, 0) is 11.3 Å². The molecule has 1 aromatic rings. The minimum absolute atomic E-state index is 0.236. The molecule has 1 heterocycles. The third-order valence-corrected chi connectivity index (χ3v) is 4.00. The molecule has 2 fully saturated rings. The summed E-state index contributed by atoms with van der Waals surface area (Å²) in [4.78, 5) is 11.8. The van der Waals surface area contributed by atoms with Gasteiger partial charge in [0.2, 0.25) is 5.91 Å². The van der Waals surface area contributed by atoms with Gasteiger partial charge in [-0.2, -0.15) is 5.10 Å². The van der Waals surface area contributed by atoms with Crippen molar-refractivity contribution in [3.8, 4) is 0 Å². The summed E-state index contributed by atoms with van der Waals surface area (Å²) >= 11 is 0. The molecule has 0 radical (unpaired) electrons. The first kappa shape index (κ1) is 10.6. The van der Waals surface area contributed by atoms with Crippen LogP contribution in [0, 0.1) is 17.8 Å². The highest BCUT2D eigenvalue weighted by Crippen LogP contribution is 2.57. The molecule has 0 bridgehead atoms. The van der Waals surface area contributed by atoms with Gasteiger partial charge in [0.05, 0.1) is 18.4 Å². The SMILES string of the molecule is Nc1cnn(CCNC(=O)C2C3CCCC32)c1. The van der Waals surface area contributed by atoms with Crippen molar-refractivity contribution in [2.24, 2.45) is 17.8 Å². The lowest BCUT2D eigenvalue weighted by molar-refractivity contribution is -0.123. The van der Waals surface area contributed by atoms with Gasteiger partial charge in [-0.3, -0.25) is 9.48 Å². The van der Waals surface area contributed by atoms with E-state index >= 15 is 0 Å². The van der Waals surface area contributed by atoms with E-state index < -0.39 is 0 Å². The second-order valence-electron chi connectivity index (χ2n) is 5.11. The number of nitrogen functional groups attached to an aromatic ring is 1. The lowest BCUT2D eigenvalue weighted by Crippen LogP contribution is -2.29. The van der Waals surface area contributed by atoms with Crippen molar-refractivity contribution in [3.05, 3.63) is 12.4 Å². The first-order valence-electron chi connectivity index (χ1n) is 6.31. The number of nitrogens with zero attached hydrogens (tertiary/aromatic N) is 2. The number of nitrogens with two attached hydrogens (primary N) is 1. The molecule has 2 saturated carbocycles. The number of carbonyl (C=O) groups is 1. The minimum Gasteiger partial charge on any atom is -0.396 e. The topological polar surface area (TPSA) is 72.9 Å². The van der Waals surface area contributed by atoms with Crippen molar-refractivity contribution < 1.29 is 4.79 Å². The van der Waals surface area contributed by atoms with Crippen LogP contribution in [0.4, 0.5) is 5.69 Å². The molecule has 0 spiro atoms. The monoisotopic (exact) mass is 234 g/mol. The quantitative estimate of drug-likeness (QED) is 0.802. The molecule has 0 aliphatic heterocycles. The van der Waals surface area contributed by atoms with Crippen LogP contribution >= 0.6 is 0 Å². The van der Waals surface area contributed by atoms with Gasteiger partial charge in [0.15, 0.2) is 0 Å². The number of fused-ring (bicyclic) bond motifs is 1. The molecule has 2 atom stereocenters. The van der Waals surface area contributed by atoms with Crippen LogP contribution in [0.15, 0.2) is 12.4 Å². The molecule has 2 aliphatic carbocycles. The maximum atomic E-state index is 11.8. The normalized spacial score (nSPS) is 30.0. The number of amides is 1. The summed E-state index contributed by atoms with van der Waals surface area (Å²) in [5.41, 5.74) is 6.22. The summed E-state index contributed by atoms with van der Waals surface area (Å²) < 4.78 is 1.75. The van der Waals surface area contributed by atoms with E-state index in [4.69, 9.17) is 5.73 Å². The molecule has 3 rings (SSSR count). The van der Waals surface area contributed by atoms with E-state index in [-0.39, 0.29) is 5.91 Å². The van der Waals surface area contributed by atoms with Crippen molar-refractivity contribution in [2.45, 2.75) is 25.8 Å². The Balaban J connectivity index is 1.41. The fraction of sp³-hybridized carbons (Fsp3) is 0.667. The Kier molecular flexibility index (Phi) is 2.53. The number of hydrogen-bond acceptors (Lipinski definition) is 3. The van der Waals surface area contributed by atoms with Crippen LogP contribution < -0.4 is 11.1 Å². The largest absolute Gasteiger partial charge is 0.396 e. The smallest absolute Gasteiger partial charge is 0.223 e. The van der Waals surface area contributed by atoms with Crippen LogP contribution in [-0.4, -0.2) is 22.2 Å². The van der Waals surface area contributed by atoms with Gasteiger partial charge in [-0.05, 0) is 24.7 Å². The van der Waals surface area contributed by atoms with E-state index in [0.29, 0.717) is 36.5 Å². The summed E-state index contributed by atoms with van der Waals surface area (Å²) in [6.45, 7) is 1.32. The first-order valence-corrected chi connectivity index (χ1v) is 6.31. The molecule has 5 heteroatoms. The Morgan fingerprint density at radius 2 is 2.29 bits per heavy atom. The molecule has 2 unspecified atom stereocenters. The number of rotatable bonds is 4. The molecule has 92 valence electrons. The summed E-state index contributed by atoms with van der Waals surface area (Å²) in [5.74, 6) is 1.93. The van der Waals surface area contributed by atoms with E-state index in [0.717, 1.165) is 0 Å². The molecular formula is C12H18N4O. The highest BCUT2D eigenvalue weighted by molar-refractivity contribution is 5.82. The molecule has 1 amide bonds. The lowest BCUT2D eigenvalue weighted by atomic mass is 10.1. The third-order valence-electron chi connectivity index (χ3n) is 4.00. The van der Waals surface area contributed by atoms with Gasteiger partial charge < -0.3 is 11.1 Å². The predicted molar refractivity (Wildman–Crippen MR) is 64.0 cm³/mol. The standard InChI is InChI=1S/C12H18N4O/c13-8-6-15-16(7-8)5-4-14-12(17)11-9-2-1-3-10(9)11/h6-7,9-11H,1-5,13H2,(H,14,17). The second-order valence-corrected chi connectivity index (χ2v) is 5.11. The number of aromatic nitrogens is 2. The first-order chi connectivity index (χ1) is 8.25. The van der Waals surface area contributed by atoms with Crippen LogP contribution in [0.25, 0.3) is 0 Å². The molecule has 1 aromatic heterocycles. The molecular weight excluding hydrogens is 216 g/mol. The Morgan fingerprint density at radius 1 is 1.53 bits per heavy atom. The highest BCUT2D eigenvalue weighted by Gasteiger charge is 2.56. The van der Waals surface area contributed by atoms with Crippen molar-refractivity contribution in [1.82, 2.24) is 15.1 Å². The molecule has 17 heavy (non-hydrogen) atoms. The zero-order chi connectivity index (χ0) is 11.8. The van der Waals surface area contributed by atoms with Crippen molar-refractivity contribution in [3.63, 3.8) is 0 Å². The molecule has 2 aliphatic rings. The van der Waals surface area contributed by atoms with Crippen molar-refractivity contribution in [1.29, 1.82) is 0 Å². The van der Waals surface area contributed by atoms with E-state index in [1.807, 2.05) is 0 Å². The van der Waals surface area contributed by atoms with Gasteiger partial charge in [-0.15, -0.1) is 0 Å². The van der Waals surface area contributed by atoms with Crippen LogP contribution in [0.1, 0.15) is 19.3 Å². The summed E-state index contributed by atoms with van der Waals surface area (Å²) in [6, 6.07) is 0. The van der Waals surface area contributed by atoms with Crippen molar-refractivity contribution >= 4 is 11.6 Å². The van der Waals surface area contributed by atoms with Crippen LogP contribution in [0.5, 0.6) is 0 Å². The van der Waals surface area contributed by atoms with E-state index in [1.165, 1.54) is 19.3 Å². The highest BCUT2D eigenvalue weighted by atomic mass is 16.2. The van der Waals surface area contributed by atoms with Crippen LogP contribution in [0.2, 0.25) is 0 Å². The lowest BCUT2D eigenvalue weighted by Gasteiger charge is -2.06.